The predicted molar refractivity (Wildman–Crippen MR) is 147 cm³/mol. The maximum atomic E-state index is 13.3. The maximum absolute atomic E-state index is 13.3. The molecule has 0 fully saturated rings. The molecule has 0 bridgehead atoms. The van der Waals surface area contributed by atoms with E-state index in [2.05, 4.69) is 5.32 Å². The molecule has 198 valence electrons. The average molecular weight is 557 g/mol. The molecule has 2 rings (SSSR count). The monoisotopic (exact) mass is 555 g/mol. The lowest BCUT2D eigenvalue weighted by molar-refractivity contribution is -0.140. The molecule has 7 nitrogen and oxygen atoms in total. The first-order chi connectivity index (χ1) is 16.8. The summed E-state index contributed by atoms with van der Waals surface area (Å²) in [7, 11) is -3.60. The Bertz CT molecular complexity index is 1160. The number of nitrogens with zero attached hydrogens (tertiary/aromatic N) is 2. The van der Waals surface area contributed by atoms with Crippen LogP contribution in [0.25, 0.3) is 0 Å². The van der Waals surface area contributed by atoms with Crippen LogP contribution in [0.1, 0.15) is 51.2 Å². The van der Waals surface area contributed by atoms with Gasteiger partial charge in [-0.05, 0) is 69.0 Å². The molecule has 2 aromatic rings. The highest BCUT2D eigenvalue weighted by Crippen LogP contribution is 2.28. The van der Waals surface area contributed by atoms with Crippen LogP contribution in [0.15, 0.2) is 42.5 Å². The number of halogens is 2. The van der Waals surface area contributed by atoms with Gasteiger partial charge in [-0.15, -0.1) is 0 Å². The van der Waals surface area contributed by atoms with Crippen LogP contribution < -0.4 is 9.62 Å². The van der Waals surface area contributed by atoms with E-state index in [1.165, 1.54) is 9.21 Å². The lowest BCUT2D eigenvalue weighted by Gasteiger charge is -2.30. The summed E-state index contributed by atoms with van der Waals surface area (Å²) in [5, 5.41) is 3.98. The largest absolute Gasteiger partial charge is 0.352 e. The minimum Gasteiger partial charge on any atom is -0.352 e. The molecule has 0 aliphatic rings. The number of rotatable bonds is 12. The van der Waals surface area contributed by atoms with E-state index in [0.29, 0.717) is 21.3 Å². The number of amides is 2. The molecular weight excluding hydrogens is 521 g/mol. The Labute approximate surface area is 224 Å². The van der Waals surface area contributed by atoms with Crippen molar-refractivity contribution in [1.29, 1.82) is 0 Å². The number of hydrogen-bond acceptors (Lipinski definition) is 4. The Kier molecular flexibility index (Phi) is 11.1. The maximum Gasteiger partial charge on any atom is 0.242 e. The van der Waals surface area contributed by atoms with Gasteiger partial charge in [-0.2, -0.15) is 0 Å². The molecule has 0 aromatic heterocycles. The Balaban J connectivity index is 2.20. The van der Waals surface area contributed by atoms with Crippen molar-refractivity contribution in [2.45, 2.75) is 65.6 Å². The van der Waals surface area contributed by atoms with Gasteiger partial charge in [-0.25, -0.2) is 8.42 Å². The third-order valence-electron chi connectivity index (χ3n) is 6.09. The van der Waals surface area contributed by atoms with Gasteiger partial charge in [-0.3, -0.25) is 13.9 Å². The second kappa shape index (κ2) is 13.3. The molecule has 2 atom stereocenters. The third kappa shape index (κ3) is 8.39. The van der Waals surface area contributed by atoms with Gasteiger partial charge >= 0.3 is 0 Å². The number of hydrogen-bond donors (Lipinski definition) is 1. The Morgan fingerprint density at radius 2 is 1.69 bits per heavy atom. The first kappa shape index (κ1) is 29.9. The molecule has 2 aromatic carbocycles. The number of nitrogens with one attached hydrogen (secondary N) is 1. The molecule has 10 heteroatoms. The SMILES string of the molecule is CC[C@@H](C)NC(=O)[C@H](C)N(Cc1ccc(Cl)cc1)C(=O)CCCN(c1cccc(Cl)c1C)S(C)(=O)=O. The van der Waals surface area contributed by atoms with Gasteiger partial charge in [0.05, 0.1) is 11.9 Å². The van der Waals surface area contributed by atoms with Gasteiger partial charge in [0, 0.05) is 35.6 Å². The van der Waals surface area contributed by atoms with Crippen molar-refractivity contribution in [3.8, 4) is 0 Å². The van der Waals surface area contributed by atoms with E-state index >= 15 is 0 Å². The van der Waals surface area contributed by atoms with Crippen molar-refractivity contribution < 1.29 is 18.0 Å². The molecular formula is C26H35Cl2N3O4S. The van der Waals surface area contributed by atoms with E-state index in [9.17, 15) is 18.0 Å². The van der Waals surface area contributed by atoms with Gasteiger partial charge in [0.15, 0.2) is 0 Å². The van der Waals surface area contributed by atoms with Crippen LogP contribution in [0.3, 0.4) is 0 Å². The summed E-state index contributed by atoms with van der Waals surface area (Å²) in [5.74, 6) is -0.480. The number of carbonyl (C=O) groups excluding carboxylic acids is 2. The van der Waals surface area contributed by atoms with Gasteiger partial charge in [0.1, 0.15) is 6.04 Å². The first-order valence-electron chi connectivity index (χ1n) is 11.9. The van der Waals surface area contributed by atoms with Crippen molar-refractivity contribution >= 4 is 50.7 Å². The molecule has 36 heavy (non-hydrogen) atoms. The zero-order chi connectivity index (χ0) is 27.0. The number of sulfonamides is 1. The van der Waals surface area contributed by atoms with Gasteiger partial charge < -0.3 is 10.2 Å². The molecule has 0 radical (unpaired) electrons. The predicted octanol–water partition coefficient (Wildman–Crippen LogP) is 5.18. The van der Waals surface area contributed by atoms with Gasteiger partial charge in [-0.1, -0.05) is 48.3 Å². The van der Waals surface area contributed by atoms with Crippen molar-refractivity contribution in [1.82, 2.24) is 10.2 Å². The fourth-order valence-electron chi connectivity index (χ4n) is 3.68. The first-order valence-corrected chi connectivity index (χ1v) is 14.5. The highest BCUT2D eigenvalue weighted by atomic mass is 35.5. The number of benzene rings is 2. The van der Waals surface area contributed by atoms with Gasteiger partial charge in [0.25, 0.3) is 0 Å². The topological polar surface area (TPSA) is 86.8 Å². The van der Waals surface area contributed by atoms with Crippen LogP contribution >= 0.6 is 23.2 Å². The minimum absolute atomic E-state index is 0.0170. The van der Waals surface area contributed by atoms with E-state index in [1.807, 2.05) is 26.0 Å². The van der Waals surface area contributed by atoms with Crippen molar-refractivity contribution in [3.05, 3.63) is 63.6 Å². The van der Waals surface area contributed by atoms with Crippen LogP contribution in [0.2, 0.25) is 10.0 Å². The Hall–Kier alpha value is -2.29. The summed E-state index contributed by atoms with van der Waals surface area (Å²) in [5.41, 5.74) is 1.97. The average Bonchev–Trinajstić information content (AvgIpc) is 2.82. The van der Waals surface area contributed by atoms with Crippen molar-refractivity contribution in [3.63, 3.8) is 0 Å². The summed E-state index contributed by atoms with van der Waals surface area (Å²) in [4.78, 5) is 27.7. The van der Waals surface area contributed by atoms with Crippen molar-refractivity contribution in [2.75, 3.05) is 17.1 Å². The zero-order valence-electron chi connectivity index (χ0n) is 21.4. The Morgan fingerprint density at radius 3 is 2.28 bits per heavy atom. The van der Waals surface area contributed by atoms with Crippen LogP contribution in [0.5, 0.6) is 0 Å². The quantitative estimate of drug-likeness (QED) is 0.391. The summed E-state index contributed by atoms with van der Waals surface area (Å²) in [6.07, 6.45) is 2.24. The fraction of sp³-hybridized carbons (Fsp3) is 0.462. The fourth-order valence-corrected chi connectivity index (χ4v) is 4.99. The molecule has 0 aliphatic heterocycles. The summed E-state index contributed by atoms with van der Waals surface area (Å²) in [6.45, 7) is 7.67. The second-order valence-electron chi connectivity index (χ2n) is 8.96. The van der Waals surface area contributed by atoms with Crippen LogP contribution in [-0.2, 0) is 26.2 Å². The second-order valence-corrected chi connectivity index (χ2v) is 11.7. The normalized spacial score (nSPS) is 13.1. The summed E-state index contributed by atoms with van der Waals surface area (Å²) in [6, 6.07) is 11.5. The van der Waals surface area contributed by atoms with E-state index in [-0.39, 0.29) is 43.8 Å². The van der Waals surface area contributed by atoms with Crippen LogP contribution in [0, 0.1) is 6.92 Å². The highest BCUT2D eigenvalue weighted by Gasteiger charge is 2.27. The van der Waals surface area contributed by atoms with Crippen molar-refractivity contribution in [2.24, 2.45) is 0 Å². The zero-order valence-corrected chi connectivity index (χ0v) is 23.8. The van der Waals surface area contributed by atoms with E-state index < -0.39 is 16.1 Å². The van der Waals surface area contributed by atoms with Gasteiger partial charge in [0.2, 0.25) is 21.8 Å². The van der Waals surface area contributed by atoms with E-state index in [1.54, 1.807) is 44.2 Å². The number of anilines is 1. The number of carbonyl (C=O) groups is 2. The molecule has 0 saturated carbocycles. The molecule has 0 unspecified atom stereocenters. The molecule has 2 amide bonds. The van der Waals surface area contributed by atoms with Crippen LogP contribution in [-0.4, -0.2) is 50.0 Å². The summed E-state index contributed by atoms with van der Waals surface area (Å²) < 4.78 is 26.3. The lowest BCUT2D eigenvalue weighted by atomic mass is 10.1. The van der Waals surface area contributed by atoms with Crippen LogP contribution in [0.4, 0.5) is 5.69 Å². The molecule has 0 heterocycles. The molecule has 1 N–H and O–H groups in total. The van der Waals surface area contributed by atoms with E-state index in [0.717, 1.165) is 18.2 Å². The smallest absolute Gasteiger partial charge is 0.242 e. The minimum atomic E-state index is -3.60. The Morgan fingerprint density at radius 1 is 1.06 bits per heavy atom. The highest BCUT2D eigenvalue weighted by molar-refractivity contribution is 7.92. The standard InChI is InChI=1S/C26H35Cl2N3O4S/c1-6-18(2)29-26(33)20(4)30(17-21-12-14-22(27)15-13-21)25(32)11-8-16-31(36(5,34)35)24-10-7-9-23(28)19(24)3/h7,9-10,12-15,18,20H,6,8,11,16-17H2,1-5H3,(H,29,33)/t18-,20+/m1/s1. The lowest BCUT2D eigenvalue weighted by Crippen LogP contribution is -2.49. The molecule has 0 saturated heterocycles. The van der Waals surface area contributed by atoms with E-state index in [4.69, 9.17) is 23.2 Å². The third-order valence-corrected chi connectivity index (χ3v) is 7.94. The molecule has 0 spiro atoms. The molecule has 0 aliphatic carbocycles. The summed E-state index contributed by atoms with van der Waals surface area (Å²) >= 11 is 12.2.